The zero-order valence-electron chi connectivity index (χ0n) is 16.0. The average molecular weight is 398 g/mol. The van der Waals surface area contributed by atoms with Crippen molar-refractivity contribution in [2.75, 3.05) is 18.5 Å². The number of nitrogens with zero attached hydrogens (tertiary/aromatic N) is 1. The molecule has 0 aromatic heterocycles. The molecule has 8 nitrogen and oxygen atoms in total. The molecule has 2 aromatic rings. The Kier molecular flexibility index (Phi) is 6.21. The van der Waals surface area contributed by atoms with E-state index < -0.39 is 35.2 Å². The number of rotatable bonds is 7. The zero-order valence-corrected chi connectivity index (χ0v) is 16.0. The molecule has 1 fully saturated rings. The minimum Gasteiger partial charge on any atom is -0.456 e. The van der Waals surface area contributed by atoms with E-state index in [-0.39, 0.29) is 31.1 Å². The number of esters is 1. The van der Waals surface area contributed by atoms with Crippen LogP contribution in [0.25, 0.3) is 10.8 Å². The Balaban J connectivity index is 1.52. The summed E-state index contributed by atoms with van der Waals surface area (Å²) < 4.78 is 4.99. The average Bonchev–Trinajstić information content (AvgIpc) is 2.93. The molecular weight excluding hydrogens is 376 g/mol. The first-order chi connectivity index (χ1) is 13.8. The Morgan fingerprint density at radius 1 is 1.21 bits per heavy atom. The predicted octanol–water partition coefficient (Wildman–Crippen LogP) is 2.83. The number of Topliss-reactive ketones (excluding diaryl/α,β-unsaturated/α-hetero) is 1. The summed E-state index contributed by atoms with van der Waals surface area (Å²) in [4.78, 5) is 46.6. The normalized spacial score (nSPS) is 21.1. The van der Waals surface area contributed by atoms with E-state index in [0.717, 1.165) is 10.8 Å². The summed E-state index contributed by atoms with van der Waals surface area (Å²) in [6.45, 7) is 0.934. The quantitative estimate of drug-likeness (QED) is 0.436. The van der Waals surface area contributed by atoms with E-state index >= 15 is 0 Å². The van der Waals surface area contributed by atoms with Gasteiger partial charge in [-0.2, -0.15) is 0 Å². The molecule has 0 spiro atoms. The van der Waals surface area contributed by atoms with Gasteiger partial charge in [-0.3, -0.25) is 24.5 Å². The van der Waals surface area contributed by atoms with Gasteiger partial charge in [0.15, 0.2) is 6.61 Å². The van der Waals surface area contributed by atoms with Gasteiger partial charge in [0.05, 0.1) is 6.42 Å². The third-order valence-corrected chi connectivity index (χ3v) is 5.33. The molecule has 0 bridgehead atoms. The van der Waals surface area contributed by atoms with E-state index in [4.69, 9.17) is 4.74 Å². The number of amides is 1. The van der Waals surface area contributed by atoms with Crippen LogP contribution in [0, 0.1) is 27.9 Å². The lowest BCUT2D eigenvalue weighted by Gasteiger charge is -2.17. The smallest absolute Gasteiger partial charge is 0.307 e. The van der Waals surface area contributed by atoms with Gasteiger partial charge < -0.3 is 10.1 Å². The van der Waals surface area contributed by atoms with Crippen molar-refractivity contribution in [2.24, 2.45) is 17.8 Å². The molecular formula is C21H22N2O6. The van der Waals surface area contributed by atoms with Gasteiger partial charge in [-0.05, 0) is 28.8 Å². The summed E-state index contributed by atoms with van der Waals surface area (Å²) in [6, 6.07) is 13.1. The highest BCUT2D eigenvalue weighted by Crippen LogP contribution is 2.36. The lowest BCUT2D eigenvalue weighted by molar-refractivity contribution is -0.490. The summed E-state index contributed by atoms with van der Waals surface area (Å²) in [5.74, 6) is -2.74. The molecule has 1 N–H and O–H groups in total. The van der Waals surface area contributed by atoms with Crippen LogP contribution in [-0.2, 0) is 19.1 Å². The fraction of sp³-hybridized carbons (Fsp3) is 0.381. The number of nitrogens with one attached hydrogen (secondary N) is 1. The van der Waals surface area contributed by atoms with Crippen LogP contribution in [0.3, 0.4) is 0 Å². The second-order valence-electron chi connectivity index (χ2n) is 7.41. The fourth-order valence-electron chi connectivity index (χ4n) is 3.85. The standard InChI is InChI=1S/C21H22N2O6/c1-13-8-19(24)17(18(13)11-23(27)28)10-21(26)29-12-20(25)22-16-7-6-14-4-2-3-5-15(14)9-16/h2-7,9,13,17-18H,8,10-12H2,1H3,(H,22,25)/t13-,17-,18-/m1/s1. The maximum atomic E-state index is 12.1. The van der Waals surface area contributed by atoms with Crippen LogP contribution in [0.4, 0.5) is 5.69 Å². The van der Waals surface area contributed by atoms with Crippen molar-refractivity contribution in [3.8, 4) is 0 Å². The van der Waals surface area contributed by atoms with Crippen molar-refractivity contribution in [2.45, 2.75) is 19.8 Å². The molecule has 0 radical (unpaired) electrons. The molecule has 3 rings (SSSR count). The molecule has 0 aliphatic heterocycles. The van der Waals surface area contributed by atoms with E-state index in [1.54, 1.807) is 13.0 Å². The van der Waals surface area contributed by atoms with E-state index in [1.807, 2.05) is 36.4 Å². The van der Waals surface area contributed by atoms with Gasteiger partial charge >= 0.3 is 5.97 Å². The molecule has 1 saturated carbocycles. The first-order valence-electron chi connectivity index (χ1n) is 9.42. The number of carbonyl (C=O) groups excluding carboxylic acids is 3. The summed E-state index contributed by atoms with van der Waals surface area (Å²) in [6.07, 6.45) is -0.0240. The highest BCUT2D eigenvalue weighted by molar-refractivity contribution is 5.96. The first-order valence-corrected chi connectivity index (χ1v) is 9.42. The third-order valence-electron chi connectivity index (χ3n) is 5.33. The van der Waals surface area contributed by atoms with E-state index in [1.165, 1.54) is 0 Å². The largest absolute Gasteiger partial charge is 0.456 e. The van der Waals surface area contributed by atoms with Gasteiger partial charge in [0, 0.05) is 28.9 Å². The molecule has 0 heterocycles. The summed E-state index contributed by atoms with van der Waals surface area (Å²) in [7, 11) is 0. The van der Waals surface area contributed by atoms with Gasteiger partial charge in [-0.25, -0.2) is 0 Å². The van der Waals surface area contributed by atoms with Crippen LogP contribution in [0.2, 0.25) is 0 Å². The van der Waals surface area contributed by atoms with Crippen LogP contribution < -0.4 is 5.32 Å². The van der Waals surface area contributed by atoms with Crippen molar-refractivity contribution < 1.29 is 24.0 Å². The second-order valence-corrected chi connectivity index (χ2v) is 7.41. The molecule has 1 aliphatic rings. The lowest BCUT2D eigenvalue weighted by atomic mass is 9.88. The lowest BCUT2D eigenvalue weighted by Crippen LogP contribution is -2.28. The Morgan fingerprint density at radius 2 is 1.93 bits per heavy atom. The van der Waals surface area contributed by atoms with E-state index in [9.17, 15) is 24.5 Å². The van der Waals surface area contributed by atoms with Crippen molar-refractivity contribution in [1.82, 2.24) is 0 Å². The van der Waals surface area contributed by atoms with Crippen molar-refractivity contribution in [3.63, 3.8) is 0 Å². The van der Waals surface area contributed by atoms with Crippen LogP contribution in [-0.4, -0.2) is 35.7 Å². The van der Waals surface area contributed by atoms with Crippen molar-refractivity contribution >= 4 is 34.1 Å². The summed E-state index contributed by atoms with van der Waals surface area (Å²) >= 11 is 0. The predicted molar refractivity (Wildman–Crippen MR) is 106 cm³/mol. The second kappa shape index (κ2) is 8.81. The first kappa shape index (κ1) is 20.4. The number of hydrogen-bond donors (Lipinski definition) is 1. The maximum absolute atomic E-state index is 12.1. The highest BCUT2D eigenvalue weighted by atomic mass is 16.6. The van der Waals surface area contributed by atoms with Crippen LogP contribution in [0.15, 0.2) is 42.5 Å². The van der Waals surface area contributed by atoms with Gasteiger partial charge in [0.2, 0.25) is 6.54 Å². The Labute approximate surface area is 167 Å². The molecule has 1 aliphatic carbocycles. The molecule has 152 valence electrons. The number of nitro groups is 1. The Bertz CT molecular complexity index is 957. The number of hydrogen-bond acceptors (Lipinski definition) is 6. The van der Waals surface area contributed by atoms with Crippen LogP contribution in [0.5, 0.6) is 0 Å². The van der Waals surface area contributed by atoms with Gasteiger partial charge in [-0.1, -0.05) is 37.3 Å². The van der Waals surface area contributed by atoms with Crippen molar-refractivity contribution in [3.05, 3.63) is 52.6 Å². The van der Waals surface area contributed by atoms with Gasteiger partial charge in [0.1, 0.15) is 5.78 Å². The highest BCUT2D eigenvalue weighted by Gasteiger charge is 2.44. The minimum absolute atomic E-state index is 0.151. The Hall–Kier alpha value is -3.29. The number of fused-ring (bicyclic) bond motifs is 1. The molecule has 29 heavy (non-hydrogen) atoms. The number of carbonyl (C=O) groups is 3. The minimum atomic E-state index is -0.730. The molecule has 8 heteroatoms. The maximum Gasteiger partial charge on any atom is 0.307 e. The SMILES string of the molecule is C[C@@H]1CC(=O)[C@H](CC(=O)OCC(=O)Nc2ccc3ccccc3c2)[C@@H]1C[N+](=O)[O-]. The summed E-state index contributed by atoms with van der Waals surface area (Å²) in [5, 5.41) is 15.5. The molecule has 0 unspecified atom stereocenters. The number of ether oxygens (including phenoxy) is 1. The molecule has 2 aromatic carbocycles. The monoisotopic (exact) mass is 398 g/mol. The van der Waals surface area contributed by atoms with Gasteiger partial charge in [0.25, 0.3) is 5.91 Å². The summed E-state index contributed by atoms with van der Waals surface area (Å²) in [5.41, 5.74) is 0.579. The number of ketones is 1. The number of benzene rings is 2. The number of anilines is 1. The Morgan fingerprint density at radius 3 is 2.66 bits per heavy atom. The van der Waals surface area contributed by atoms with E-state index in [0.29, 0.717) is 5.69 Å². The third kappa shape index (κ3) is 5.16. The molecule has 1 amide bonds. The van der Waals surface area contributed by atoms with Crippen LogP contribution in [0.1, 0.15) is 19.8 Å². The fourth-order valence-corrected chi connectivity index (χ4v) is 3.85. The molecule has 0 saturated heterocycles. The topological polar surface area (TPSA) is 116 Å². The van der Waals surface area contributed by atoms with Crippen LogP contribution >= 0.6 is 0 Å². The zero-order chi connectivity index (χ0) is 21.0. The van der Waals surface area contributed by atoms with E-state index in [2.05, 4.69) is 5.32 Å². The molecule has 3 atom stereocenters. The van der Waals surface area contributed by atoms with Crippen molar-refractivity contribution in [1.29, 1.82) is 0 Å². The van der Waals surface area contributed by atoms with Gasteiger partial charge in [-0.15, -0.1) is 0 Å².